The van der Waals surface area contributed by atoms with E-state index in [9.17, 15) is 4.79 Å². The zero-order valence-corrected chi connectivity index (χ0v) is 11.0. The van der Waals surface area contributed by atoms with Crippen LogP contribution in [0.2, 0.25) is 0 Å². The molecule has 5 nitrogen and oxygen atoms in total. The molecule has 2 heterocycles. The van der Waals surface area contributed by atoms with Crippen LogP contribution in [0, 0.1) is 6.92 Å². The van der Waals surface area contributed by atoms with Gasteiger partial charge in [0.05, 0.1) is 16.8 Å². The van der Waals surface area contributed by atoms with Gasteiger partial charge in [-0.1, -0.05) is 29.8 Å². The number of aromatic nitrogens is 3. The highest BCUT2D eigenvalue weighted by molar-refractivity contribution is 5.87. The Morgan fingerprint density at radius 1 is 1.15 bits per heavy atom. The number of H-pyrrole nitrogens is 2. The number of pyridine rings is 1. The van der Waals surface area contributed by atoms with Crippen LogP contribution in [0.5, 0.6) is 0 Å². The third-order valence-corrected chi connectivity index (χ3v) is 3.23. The summed E-state index contributed by atoms with van der Waals surface area (Å²) < 4.78 is 0. The first-order chi connectivity index (χ1) is 9.66. The highest BCUT2D eigenvalue weighted by atomic mass is 16.1. The molecule has 4 N–H and O–H groups in total. The third kappa shape index (κ3) is 1.99. The van der Waals surface area contributed by atoms with Crippen LogP contribution >= 0.6 is 0 Å². The van der Waals surface area contributed by atoms with E-state index in [1.807, 2.05) is 31.2 Å². The molecule has 3 rings (SSSR count). The molecule has 0 bridgehead atoms. The maximum atomic E-state index is 12.0. The first kappa shape index (κ1) is 12.2. The second-order valence-corrected chi connectivity index (χ2v) is 4.65. The van der Waals surface area contributed by atoms with Gasteiger partial charge in [-0.15, -0.1) is 0 Å². The molecule has 1 aromatic carbocycles. The van der Waals surface area contributed by atoms with E-state index in [4.69, 9.17) is 5.73 Å². The number of nitrogens with zero attached hydrogens (tertiary/aromatic N) is 1. The lowest BCUT2D eigenvalue weighted by atomic mass is 10.0. The SMILES string of the molecule is Cc1ccc(-c2c(N)n[nH]c2-c2c[nH]ccc2=O)cc1. The van der Waals surface area contributed by atoms with Crippen molar-refractivity contribution in [3.63, 3.8) is 0 Å². The molecule has 0 fully saturated rings. The van der Waals surface area contributed by atoms with E-state index < -0.39 is 0 Å². The minimum atomic E-state index is -0.0826. The summed E-state index contributed by atoms with van der Waals surface area (Å²) in [6.07, 6.45) is 3.24. The number of rotatable bonds is 2. The highest BCUT2D eigenvalue weighted by Crippen LogP contribution is 2.33. The number of aromatic amines is 2. The molecule has 0 radical (unpaired) electrons. The Morgan fingerprint density at radius 3 is 2.60 bits per heavy atom. The van der Waals surface area contributed by atoms with Crippen molar-refractivity contribution < 1.29 is 0 Å². The average molecular weight is 266 g/mol. The van der Waals surface area contributed by atoms with Crippen molar-refractivity contribution in [3.8, 4) is 22.4 Å². The molecule has 0 saturated heterocycles. The minimum Gasteiger partial charge on any atom is -0.382 e. The van der Waals surface area contributed by atoms with Gasteiger partial charge in [0.25, 0.3) is 0 Å². The van der Waals surface area contributed by atoms with Crippen molar-refractivity contribution in [2.24, 2.45) is 0 Å². The molecule has 2 aromatic heterocycles. The van der Waals surface area contributed by atoms with Crippen molar-refractivity contribution in [2.45, 2.75) is 6.92 Å². The quantitative estimate of drug-likeness (QED) is 0.665. The van der Waals surface area contributed by atoms with E-state index in [2.05, 4.69) is 15.2 Å². The normalized spacial score (nSPS) is 10.7. The third-order valence-electron chi connectivity index (χ3n) is 3.23. The Balaban J connectivity index is 2.23. The van der Waals surface area contributed by atoms with Crippen LogP contribution in [-0.4, -0.2) is 15.2 Å². The summed E-state index contributed by atoms with van der Waals surface area (Å²) in [6, 6.07) is 9.42. The summed E-state index contributed by atoms with van der Waals surface area (Å²) in [5.74, 6) is 0.382. The lowest BCUT2D eigenvalue weighted by molar-refractivity contribution is 1.10. The van der Waals surface area contributed by atoms with Gasteiger partial charge >= 0.3 is 0 Å². The Bertz CT molecular complexity index is 799. The number of benzene rings is 1. The van der Waals surface area contributed by atoms with E-state index in [0.29, 0.717) is 17.1 Å². The maximum absolute atomic E-state index is 12.0. The van der Waals surface area contributed by atoms with E-state index in [0.717, 1.165) is 16.7 Å². The smallest absolute Gasteiger partial charge is 0.190 e. The van der Waals surface area contributed by atoms with Gasteiger partial charge in [0.1, 0.15) is 0 Å². The van der Waals surface area contributed by atoms with Crippen molar-refractivity contribution in [1.82, 2.24) is 15.2 Å². The first-order valence-electron chi connectivity index (χ1n) is 6.25. The van der Waals surface area contributed by atoms with E-state index in [1.165, 1.54) is 6.07 Å². The van der Waals surface area contributed by atoms with Crippen LogP contribution < -0.4 is 11.2 Å². The number of aryl methyl sites for hydroxylation is 1. The molecule has 5 heteroatoms. The number of anilines is 1. The number of nitrogen functional groups attached to an aromatic ring is 1. The maximum Gasteiger partial charge on any atom is 0.190 e. The summed E-state index contributed by atoms with van der Waals surface area (Å²) in [5, 5.41) is 6.88. The number of nitrogens with one attached hydrogen (secondary N) is 2. The van der Waals surface area contributed by atoms with Crippen LogP contribution in [0.15, 0.2) is 47.5 Å². The van der Waals surface area contributed by atoms with Gasteiger partial charge < -0.3 is 10.7 Å². The van der Waals surface area contributed by atoms with Gasteiger partial charge in [0, 0.05) is 18.5 Å². The Kier molecular flexibility index (Phi) is 2.87. The minimum absolute atomic E-state index is 0.0826. The number of hydrogen-bond donors (Lipinski definition) is 3. The van der Waals surface area contributed by atoms with Gasteiger partial charge in [0.2, 0.25) is 0 Å². The zero-order valence-electron chi connectivity index (χ0n) is 11.0. The molecule has 0 spiro atoms. The van der Waals surface area contributed by atoms with Gasteiger partial charge in [-0.05, 0) is 12.5 Å². The van der Waals surface area contributed by atoms with Gasteiger partial charge in [-0.3, -0.25) is 9.89 Å². The summed E-state index contributed by atoms with van der Waals surface area (Å²) in [4.78, 5) is 14.9. The molecule has 0 saturated carbocycles. The molecule has 0 atom stereocenters. The van der Waals surface area contributed by atoms with Gasteiger partial charge in [0.15, 0.2) is 11.2 Å². The summed E-state index contributed by atoms with van der Waals surface area (Å²) in [6.45, 7) is 2.02. The molecular weight excluding hydrogens is 252 g/mol. The van der Waals surface area contributed by atoms with Crippen molar-refractivity contribution >= 4 is 5.82 Å². The Hall–Kier alpha value is -2.82. The molecule has 0 unspecified atom stereocenters. The predicted molar refractivity (Wildman–Crippen MR) is 79.2 cm³/mol. The molecule has 0 aliphatic heterocycles. The second kappa shape index (κ2) is 4.70. The summed E-state index contributed by atoms with van der Waals surface area (Å²) in [7, 11) is 0. The van der Waals surface area contributed by atoms with Crippen molar-refractivity contribution in [3.05, 3.63) is 58.5 Å². The van der Waals surface area contributed by atoms with Crippen LogP contribution in [-0.2, 0) is 0 Å². The first-order valence-corrected chi connectivity index (χ1v) is 6.25. The van der Waals surface area contributed by atoms with E-state index in [1.54, 1.807) is 12.4 Å². The molecule has 0 aliphatic carbocycles. The highest BCUT2D eigenvalue weighted by Gasteiger charge is 2.16. The van der Waals surface area contributed by atoms with Crippen LogP contribution in [0.1, 0.15) is 5.56 Å². The number of nitrogens with two attached hydrogens (primary N) is 1. The fourth-order valence-electron chi connectivity index (χ4n) is 2.17. The molecule has 20 heavy (non-hydrogen) atoms. The predicted octanol–water partition coefficient (Wildman–Crippen LogP) is 2.32. The van der Waals surface area contributed by atoms with Crippen molar-refractivity contribution in [1.29, 1.82) is 0 Å². The standard InChI is InChI=1S/C15H14N4O/c1-9-2-4-10(5-3-9)13-14(18-19-15(13)16)11-8-17-7-6-12(11)20/h2-8H,1H3,(H,17,20)(H3,16,18,19). The fraction of sp³-hybridized carbons (Fsp3) is 0.0667. The molecule has 0 aliphatic rings. The summed E-state index contributed by atoms with van der Waals surface area (Å²) in [5.41, 5.74) is 9.86. The Labute approximate surface area is 115 Å². The van der Waals surface area contributed by atoms with Gasteiger partial charge in [-0.2, -0.15) is 5.10 Å². The van der Waals surface area contributed by atoms with Crippen molar-refractivity contribution in [2.75, 3.05) is 5.73 Å². The molecule has 3 aromatic rings. The molecule has 0 amide bonds. The van der Waals surface area contributed by atoms with Gasteiger partial charge in [-0.25, -0.2) is 0 Å². The monoisotopic (exact) mass is 266 g/mol. The zero-order chi connectivity index (χ0) is 14.1. The summed E-state index contributed by atoms with van der Waals surface area (Å²) >= 11 is 0. The average Bonchev–Trinajstić information content (AvgIpc) is 2.82. The largest absolute Gasteiger partial charge is 0.382 e. The fourth-order valence-corrected chi connectivity index (χ4v) is 2.17. The lowest BCUT2D eigenvalue weighted by Gasteiger charge is -2.04. The van der Waals surface area contributed by atoms with Crippen LogP contribution in [0.25, 0.3) is 22.4 Å². The number of hydrogen-bond acceptors (Lipinski definition) is 3. The van der Waals surface area contributed by atoms with Crippen LogP contribution in [0.3, 0.4) is 0 Å². The van der Waals surface area contributed by atoms with Crippen LogP contribution in [0.4, 0.5) is 5.82 Å². The topological polar surface area (TPSA) is 87.6 Å². The molecule has 100 valence electrons. The second-order valence-electron chi connectivity index (χ2n) is 4.65. The van der Waals surface area contributed by atoms with E-state index in [-0.39, 0.29) is 5.43 Å². The molecular formula is C15H14N4O. The van der Waals surface area contributed by atoms with E-state index >= 15 is 0 Å². The Morgan fingerprint density at radius 2 is 1.90 bits per heavy atom. The lowest BCUT2D eigenvalue weighted by Crippen LogP contribution is -2.03.